The van der Waals surface area contributed by atoms with Crippen molar-refractivity contribution in [3.05, 3.63) is 41.5 Å². The van der Waals surface area contributed by atoms with Crippen molar-refractivity contribution in [1.82, 2.24) is 14.5 Å². The number of hydrogen-bond acceptors (Lipinski definition) is 4. The van der Waals surface area contributed by atoms with Crippen LogP contribution in [0.15, 0.2) is 29.4 Å². The van der Waals surface area contributed by atoms with E-state index in [2.05, 4.69) is 9.82 Å². The summed E-state index contributed by atoms with van der Waals surface area (Å²) in [5.41, 5.74) is 7.03. The van der Waals surface area contributed by atoms with Gasteiger partial charge in [0.15, 0.2) is 0 Å². The molecule has 0 spiro atoms. The monoisotopic (exact) mass is 298 g/mol. The second-order valence-corrected chi connectivity index (χ2v) is 6.22. The Balaban J connectivity index is 2.24. The Morgan fingerprint density at radius 1 is 1.45 bits per heavy atom. The molecule has 1 aromatic heterocycles. The Kier molecular flexibility index (Phi) is 3.78. The molecule has 3 N–H and O–H groups in total. The van der Waals surface area contributed by atoms with Crippen LogP contribution in [0.1, 0.15) is 11.1 Å². The van der Waals surface area contributed by atoms with Crippen molar-refractivity contribution in [3.63, 3.8) is 0 Å². The maximum Gasteiger partial charge on any atom is 0.243 e. The zero-order valence-corrected chi connectivity index (χ0v) is 11.9. The van der Waals surface area contributed by atoms with Crippen molar-refractivity contribution < 1.29 is 12.8 Å². The summed E-state index contributed by atoms with van der Waals surface area (Å²) in [5, 5.41) is 3.92. The highest BCUT2D eigenvalue weighted by Gasteiger charge is 2.20. The zero-order chi connectivity index (χ0) is 14.9. The van der Waals surface area contributed by atoms with Gasteiger partial charge in [-0.2, -0.15) is 5.10 Å². The van der Waals surface area contributed by atoms with Crippen LogP contribution < -0.4 is 10.5 Å². The number of sulfonamides is 1. The molecule has 0 saturated carbocycles. The first-order valence-corrected chi connectivity index (χ1v) is 7.31. The van der Waals surface area contributed by atoms with Crippen LogP contribution in [0.4, 0.5) is 10.1 Å². The third-order valence-corrected chi connectivity index (χ3v) is 4.25. The van der Waals surface area contributed by atoms with Crippen LogP contribution in [-0.2, 0) is 23.6 Å². The van der Waals surface area contributed by atoms with Crippen molar-refractivity contribution in [2.75, 3.05) is 5.73 Å². The summed E-state index contributed by atoms with van der Waals surface area (Å²) in [4.78, 5) is -0.454. The van der Waals surface area contributed by atoms with E-state index in [-0.39, 0.29) is 12.2 Å². The van der Waals surface area contributed by atoms with Crippen LogP contribution in [-0.4, -0.2) is 18.2 Å². The Labute approximate surface area is 116 Å². The van der Waals surface area contributed by atoms with Gasteiger partial charge < -0.3 is 5.73 Å². The first-order valence-electron chi connectivity index (χ1n) is 5.82. The fourth-order valence-electron chi connectivity index (χ4n) is 1.69. The molecule has 2 rings (SSSR count). The van der Waals surface area contributed by atoms with Gasteiger partial charge >= 0.3 is 0 Å². The molecular formula is C12H15FN4O2S. The molecule has 0 saturated heterocycles. The van der Waals surface area contributed by atoms with Crippen molar-refractivity contribution in [3.8, 4) is 0 Å². The Bertz CT molecular complexity index is 740. The first-order chi connectivity index (χ1) is 9.29. The van der Waals surface area contributed by atoms with Crippen molar-refractivity contribution >= 4 is 15.7 Å². The maximum atomic E-state index is 13.8. The van der Waals surface area contributed by atoms with Crippen LogP contribution in [0.2, 0.25) is 0 Å². The Hall–Kier alpha value is -1.93. The highest BCUT2D eigenvalue weighted by molar-refractivity contribution is 7.89. The van der Waals surface area contributed by atoms with Crippen LogP contribution in [0.25, 0.3) is 0 Å². The van der Waals surface area contributed by atoms with Crippen LogP contribution in [0.3, 0.4) is 0 Å². The summed E-state index contributed by atoms with van der Waals surface area (Å²) in [6.07, 6.45) is 3.20. The largest absolute Gasteiger partial charge is 0.398 e. The second-order valence-electron chi connectivity index (χ2n) is 4.49. The molecule has 20 heavy (non-hydrogen) atoms. The highest BCUT2D eigenvalue weighted by atomic mass is 32.2. The minimum absolute atomic E-state index is 0.0311. The first kappa shape index (κ1) is 14.5. The lowest BCUT2D eigenvalue weighted by molar-refractivity contribution is 0.556. The lowest BCUT2D eigenvalue weighted by Gasteiger charge is -2.09. The fraction of sp³-hybridized carbons (Fsp3) is 0.250. The standard InChI is InChI=1S/C12H15FN4O2S/c1-8-3-10(13)12(4-11(8)14)20(18,19)16-6-9-5-15-17(2)7-9/h3-5,7,16H,6,14H2,1-2H3. The van der Waals surface area contributed by atoms with Crippen LogP contribution in [0, 0.1) is 12.7 Å². The average Bonchev–Trinajstić information content (AvgIpc) is 2.77. The summed E-state index contributed by atoms with van der Waals surface area (Å²) in [6.45, 7) is 1.64. The van der Waals surface area contributed by atoms with Gasteiger partial charge in [0, 0.05) is 31.0 Å². The molecule has 0 fully saturated rings. The minimum Gasteiger partial charge on any atom is -0.398 e. The quantitative estimate of drug-likeness (QED) is 0.822. The van der Waals surface area contributed by atoms with E-state index < -0.39 is 20.7 Å². The molecule has 108 valence electrons. The molecule has 0 atom stereocenters. The fourth-order valence-corrected chi connectivity index (χ4v) is 2.80. The number of halogens is 1. The molecule has 6 nitrogen and oxygen atoms in total. The van der Waals surface area contributed by atoms with Crippen LogP contribution in [0.5, 0.6) is 0 Å². The van der Waals surface area contributed by atoms with Gasteiger partial charge in [-0.1, -0.05) is 0 Å². The van der Waals surface area contributed by atoms with Crippen molar-refractivity contribution in [2.24, 2.45) is 7.05 Å². The number of aryl methyl sites for hydroxylation is 2. The van der Waals surface area contributed by atoms with E-state index in [0.29, 0.717) is 11.1 Å². The second kappa shape index (κ2) is 5.22. The maximum absolute atomic E-state index is 13.8. The minimum atomic E-state index is -3.96. The Morgan fingerprint density at radius 2 is 2.15 bits per heavy atom. The average molecular weight is 298 g/mol. The lowest BCUT2D eigenvalue weighted by Crippen LogP contribution is -2.24. The molecule has 0 aliphatic carbocycles. The normalized spacial score (nSPS) is 11.8. The molecule has 0 amide bonds. The molecule has 1 aromatic carbocycles. The molecule has 0 unspecified atom stereocenters. The lowest BCUT2D eigenvalue weighted by atomic mass is 10.2. The molecule has 1 heterocycles. The van der Waals surface area contributed by atoms with E-state index in [1.165, 1.54) is 6.20 Å². The van der Waals surface area contributed by atoms with Crippen molar-refractivity contribution in [2.45, 2.75) is 18.4 Å². The zero-order valence-electron chi connectivity index (χ0n) is 11.1. The third-order valence-electron chi connectivity index (χ3n) is 2.83. The van der Waals surface area contributed by atoms with E-state index >= 15 is 0 Å². The number of rotatable bonds is 4. The molecule has 2 aromatic rings. The van der Waals surface area contributed by atoms with Gasteiger partial charge in [-0.15, -0.1) is 0 Å². The SMILES string of the molecule is Cc1cc(F)c(S(=O)(=O)NCc2cnn(C)c2)cc1N. The number of hydrogen-bond donors (Lipinski definition) is 2. The van der Waals surface area contributed by atoms with Crippen LogP contribution >= 0.6 is 0 Å². The molecule has 0 aliphatic rings. The molecule has 0 radical (unpaired) electrons. The smallest absolute Gasteiger partial charge is 0.243 e. The predicted octanol–water partition coefficient (Wildman–Crippen LogP) is 0.928. The Morgan fingerprint density at radius 3 is 2.75 bits per heavy atom. The van der Waals surface area contributed by atoms with E-state index in [9.17, 15) is 12.8 Å². The van der Waals surface area contributed by atoms with Gasteiger partial charge in [0.05, 0.1) is 6.20 Å². The van der Waals surface area contributed by atoms with E-state index in [1.54, 1.807) is 24.9 Å². The summed E-state index contributed by atoms with van der Waals surface area (Å²) in [5.74, 6) is -0.824. The number of nitrogens with two attached hydrogens (primary N) is 1. The third kappa shape index (κ3) is 2.97. The summed E-state index contributed by atoms with van der Waals surface area (Å²) in [7, 11) is -2.24. The van der Waals surface area contributed by atoms with Gasteiger partial charge in [-0.25, -0.2) is 17.5 Å². The predicted molar refractivity (Wildman–Crippen MR) is 72.8 cm³/mol. The molecular weight excluding hydrogens is 283 g/mol. The van der Waals surface area contributed by atoms with Gasteiger partial charge in [0.2, 0.25) is 10.0 Å². The number of nitrogen functional groups attached to an aromatic ring is 1. The number of anilines is 1. The number of nitrogens with zero attached hydrogens (tertiary/aromatic N) is 2. The van der Waals surface area contributed by atoms with Gasteiger partial charge in [0.1, 0.15) is 10.7 Å². The molecule has 0 bridgehead atoms. The van der Waals surface area contributed by atoms with Gasteiger partial charge in [-0.3, -0.25) is 4.68 Å². The number of aromatic nitrogens is 2. The molecule has 0 aliphatic heterocycles. The molecule has 8 heteroatoms. The van der Waals surface area contributed by atoms with Crippen molar-refractivity contribution in [1.29, 1.82) is 0 Å². The number of benzene rings is 1. The topological polar surface area (TPSA) is 90.0 Å². The van der Waals surface area contributed by atoms with E-state index in [4.69, 9.17) is 5.73 Å². The summed E-state index contributed by atoms with van der Waals surface area (Å²) >= 11 is 0. The van der Waals surface area contributed by atoms with E-state index in [0.717, 1.165) is 12.1 Å². The summed E-state index contributed by atoms with van der Waals surface area (Å²) in [6, 6.07) is 2.23. The highest BCUT2D eigenvalue weighted by Crippen LogP contribution is 2.21. The van der Waals surface area contributed by atoms with E-state index in [1.807, 2.05) is 0 Å². The number of nitrogens with one attached hydrogen (secondary N) is 1. The summed E-state index contributed by atoms with van der Waals surface area (Å²) < 4.78 is 41.8. The van der Waals surface area contributed by atoms with Gasteiger partial charge in [0.25, 0.3) is 0 Å². The van der Waals surface area contributed by atoms with Gasteiger partial charge in [-0.05, 0) is 24.6 Å².